The van der Waals surface area contributed by atoms with Crippen LogP contribution in [0.25, 0.3) is 10.1 Å². The van der Waals surface area contributed by atoms with Gasteiger partial charge in [-0.3, -0.25) is 4.79 Å². The van der Waals surface area contributed by atoms with Gasteiger partial charge in [0, 0.05) is 10.7 Å². The van der Waals surface area contributed by atoms with Crippen molar-refractivity contribution in [3.63, 3.8) is 0 Å². The smallest absolute Gasteiger partial charge is 0.265 e. The van der Waals surface area contributed by atoms with Crippen LogP contribution in [-0.4, -0.2) is 23.4 Å². The molecule has 1 aromatic heterocycles. The Labute approximate surface area is 122 Å². The fourth-order valence-electron chi connectivity index (χ4n) is 2.89. The highest BCUT2D eigenvalue weighted by atomic mass is 32.1. The Hall–Kier alpha value is -1.86. The lowest BCUT2D eigenvalue weighted by molar-refractivity contribution is 0.0714. The van der Waals surface area contributed by atoms with Gasteiger partial charge in [0.25, 0.3) is 5.91 Å². The summed E-state index contributed by atoms with van der Waals surface area (Å²) in [6, 6.07) is 12.3. The number of amides is 1. The number of carbonyl (C=O) groups excluding carboxylic acids is 1. The molecule has 3 nitrogen and oxygen atoms in total. The molecule has 3 rings (SSSR count). The number of hydrogen-bond acceptors (Lipinski definition) is 3. The summed E-state index contributed by atoms with van der Waals surface area (Å²) < 4.78 is 1.12. The van der Waals surface area contributed by atoms with Gasteiger partial charge in [-0.15, -0.1) is 11.3 Å². The SMILES string of the molecule is N#CCN(C(=O)c1cc2ccccc2s1)C1CCCC1. The van der Waals surface area contributed by atoms with Crippen molar-refractivity contribution in [2.75, 3.05) is 6.54 Å². The third-order valence-electron chi connectivity index (χ3n) is 3.90. The first-order chi connectivity index (χ1) is 9.79. The van der Waals surface area contributed by atoms with Crippen LogP contribution in [0, 0.1) is 11.3 Å². The van der Waals surface area contributed by atoms with Crippen LogP contribution < -0.4 is 0 Å². The van der Waals surface area contributed by atoms with Crippen LogP contribution in [-0.2, 0) is 0 Å². The standard InChI is InChI=1S/C16H16N2OS/c17-9-10-18(13-6-2-3-7-13)16(19)15-11-12-5-1-4-8-14(12)20-15/h1,4-5,8,11,13H,2-3,6-7,10H2. The van der Waals surface area contributed by atoms with E-state index in [1.54, 1.807) is 4.90 Å². The Bertz CT molecular complexity index is 631. The van der Waals surface area contributed by atoms with Crippen molar-refractivity contribution >= 4 is 27.3 Å². The molecule has 0 aliphatic heterocycles. The van der Waals surface area contributed by atoms with Gasteiger partial charge >= 0.3 is 0 Å². The lowest BCUT2D eigenvalue weighted by Crippen LogP contribution is -2.38. The number of carbonyl (C=O) groups is 1. The Morgan fingerprint density at radius 2 is 2.10 bits per heavy atom. The summed E-state index contributed by atoms with van der Waals surface area (Å²) in [5.41, 5.74) is 0. The first-order valence-electron chi connectivity index (χ1n) is 6.96. The van der Waals surface area contributed by atoms with Crippen LogP contribution in [0.4, 0.5) is 0 Å². The van der Waals surface area contributed by atoms with Crippen LogP contribution >= 0.6 is 11.3 Å². The van der Waals surface area contributed by atoms with E-state index in [1.807, 2.05) is 30.3 Å². The van der Waals surface area contributed by atoms with Gasteiger partial charge in [0.05, 0.1) is 10.9 Å². The highest BCUT2D eigenvalue weighted by molar-refractivity contribution is 7.20. The summed E-state index contributed by atoms with van der Waals surface area (Å²) in [7, 11) is 0. The topological polar surface area (TPSA) is 44.1 Å². The molecule has 0 spiro atoms. The molecule has 0 bridgehead atoms. The highest BCUT2D eigenvalue weighted by Crippen LogP contribution is 2.29. The number of hydrogen-bond donors (Lipinski definition) is 0. The summed E-state index contributed by atoms with van der Waals surface area (Å²) >= 11 is 1.52. The molecule has 0 N–H and O–H groups in total. The summed E-state index contributed by atoms with van der Waals surface area (Å²) in [6.07, 6.45) is 4.37. The maximum Gasteiger partial charge on any atom is 0.265 e. The molecule has 1 aliphatic rings. The minimum absolute atomic E-state index is 0.0136. The zero-order valence-corrected chi connectivity index (χ0v) is 12.0. The van der Waals surface area contributed by atoms with Crippen molar-refractivity contribution in [2.24, 2.45) is 0 Å². The van der Waals surface area contributed by atoms with Crippen LogP contribution in [0.1, 0.15) is 35.4 Å². The quantitative estimate of drug-likeness (QED) is 0.804. The van der Waals surface area contributed by atoms with Crippen molar-refractivity contribution in [2.45, 2.75) is 31.7 Å². The van der Waals surface area contributed by atoms with Gasteiger partial charge in [-0.1, -0.05) is 31.0 Å². The number of nitrogens with zero attached hydrogens (tertiary/aromatic N) is 2. The van der Waals surface area contributed by atoms with Gasteiger partial charge in [-0.05, 0) is 30.4 Å². The molecule has 1 fully saturated rings. The summed E-state index contributed by atoms with van der Waals surface area (Å²) in [5, 5.41) is 10.1. The van der Waals surface area contributed by atoms with Crippen molar-refractivity contribution < 1.29 is 4.79 Å². The van der Waals surface area contributed by atoms with E-state index in [1.165, 1.54) is 11.3 Å². The Kier molecular flexibility index (Phi) is 3.70. The monoisotopic (exact) mass is 284 g/mol. The average molecular weight is 284 g/mol. The van der Waals surface area contributed by atoms with E-state index in [0.29, 0.717) is 0 Å². The maximum atomic E-state index is 12.7. The van der Waals surface area contributed by atoms with Crippen LogP contribution in [0.5, 0.6) is 0 Å². The normalized spacial score (nSPS) is 15.3. The second-order valence-electron chi connectivity index (χ2n) is 5.18. The lowest BCUT2D eigenvalue weighted by atomic mass is 10.2. The molecule has 0 atom stereocenters. The average Bonchev–Trinajstić information content (AvgIpc) is 3.12. The molecular formula is C16H16N2OS. The van der Waals surface area contributed by atoms with E-state index in [-0.39, 0.29) is 18.5 Å². The van der Waals surface area contributed by atoms with E-state index >= 15 is 0 Å². The van der Waals surface area contributed by atoms with E-state index in [2.05, 4.69) is 6.07 Å². The molecule has 0 saturated heterocycles. The molecular weight excluding hydrogens is 268 g/mol. The van der Waals surface area contributed by atoms with E-state index in [4.69, 9.17) is 5.26 Å². The fraction of sp³-hybridized carbons (Fsp3) is 0.375. The van der Waals surface area contributed by atoms with Crippen molar-refractivity contribution in [3.05, 3.63) is 35.2 Å². The largest absolute Gasteiger partial charge is 0.322 e. The first kappa shape index (κ1) is 13.1. The number of fused-ring (bicyclic) bond motifs is 1. The molecule has 2 aromatic rings. The molecule has 1 saturated carbocycles. The summed E-state index contributed by atoms with van der Waals surface area (Å²) in [5.74, 6) is 0.0136. The van der Waals surface area contributed by atoms with Crippen LogP contribution in [0.2, 0.25) is 0 Å². The number of benzene rings is 1. The zero-order valence-electron chi connectivity index (χ0n) is 11.2. The van der Waals surface area contributed by atoms with Crippen molar-refractivity contribution in [3.8, 4) is 6.07 Å². The van der Waals surface area contributed by atoms with Crippen molar-refractivity contribution in [1.29, 1.82) is 5.26 Å². The Balaban J connectivity index is 1.90. The highest BCUT2D eigenvalue weighted by Gasteiger charge is 2.28. The predicted molar refractivity (Wildman–Crippen MR) is 80.7 cm³/mol. The fourth-order valence-corrected chi connectivity index (χ4v) is 3.91. The zero-order chi connectivity index (χ0) is 13.9. The van der Waals surface area contributed by atoms with Gasteiger partial charge in [0.15, 0.2) is 0 Å². The molecule has 20 heavy (non-hydrogen) atoms. The molecule has 1 heterocycles. The molecule has 4 heteroatoms. The minimum atomic E-state index is 0.0136. The molecule has 1 aliphatic carbocycles. The summed E-state index contributed by atoms with van der Waals surface area (Å²) in [4.78, 5) is 15.2. The van der Waals surface area contributed by atoms with Gasteiger partial charge in [0.1, 0.15) is 6.54 Å². The third-order valence-corrected chi connectivity index (χ3v) is 5.01. The minimum Gasteiger partial charge on any atom is -0.322 e. The van der Waals surface area contributed by atoms with Gasteiger partial charge in [0.2, 0.25) is 0 Å². The van der Waals surface area contributed by atoms with Crippen LogP contribution in [0.3, 0.4) is 0 Å². The number of nitriles is 1. The van der Waals surface area contributed by atoms with E-state index in [0.717, 1.165) is 40.6 Å². The summed E-state index contributed by atoms with van der Waals surface area (Å²) in [6.45, 7) is 0.192. The Morgan fingerprint density at radius 1 is 1.35 bits per heavy atom. The molecule has 1 amide bonds. The van der Waals surface area contributed by atoms with Gasteiger partial charge in [-0.25, -0.2) is 0 Å². The van der Waals surface area contributed by atoms with E-state index < -0.39 is 0 Å². The second-order valence-corrected chi connectivity index (χ2v) is 6.26. The van der Waals surface area contributed by atoms with Gasteiger partial charge < -0.3 is 4.90 Å². The number of rotatable bonds is 3. The maximum absolute atomic E-state index is 12.7. The molecule has 0 radical (unpaired) electrons. The Morgan fingerprint density at radius 3 is 2.80 bits per heavy atom. The third kappa shape index (κ3) is 2.41. The van der Waals surface area contributed by atoms with Crippen LogP contribution in [0.15, 0.2) is 30.3 Å². The van der Waals surface area contributed by atoms with Gasteiger partial charge in [-0.2, -0.15) is 5.26 Å². The lowest BCUT2D eigenvalue weighted by Gasteiger charge is -2.25. The van der Waals surface area contributed by atoms with Crippen molar-refractivity contribution in [1.82, 2.24) is 4.90 Å². The number of thiophene rings is 1. The molecule has 0 unspecified atom stereocenters. The first-order valence-corrected chi connectivity index (χ1v) is 7.78. The second kappa shape index (κ2) is 5.64. The predicted octanol–water partition coefficient (Wildman–Crippen LogP) is 3.81. The molecule has 102 valence electrons. The van der Waals surface area contributed by atoms with E-state index in [9.17, 15) is 4.79 Å². The molecule has 1 aromatic carbocycles.